The summed E-state index contributed by atoms with van der Waals surface area (Å²) < 4.78 is 0.506. The fourth-order valence-corrected chi connectivity index (χ4v) is 0.918. The molecular weight excluding hydrogens is 212 g/mol. The van der Waals surface area contributed by atoms with Crippen LogP contribution in [-0.4, -0.2) is 10.9 Å². The maximum atomic E-state index is 10.6. The zero-order chi connectivity index (χ0) is 8.27. The second kappa shape index (κ2) is 3.34. The van der Waals surface area contributed by atoms with Gasteiger partial charge >= 0.3 is 5.91 Å². The summed E-state index contributed by atoms with van der Waals surface area (Å²) in [6, 6.07) is 4.69. The molecule has 0 N–H and O–H groups in total. The number of nitroso groups, excluding NO2 is 1. The molecule has 1 amide bonds. The van der Waals surface area contributed by atoms with Crippen molar-refractivity contribution in [3.63, 3.8) is 0 Å². The molecule has 0 atom stereocenters. The fourth-order valence-electron chi connectivity index (χ4n) is 0.574. The van der Waals surface area contributed by atoms with E-state index in [0.29, 0.717) is 4.60 Å². The molecule has 1 aromatic heterocycles. The number of aromatic nitrogens is 1. The lowest BCUT2D eigenvalue weighted by atomic mass is 10.3. The van der Waals surface area contributed by atoms with E-state index in [2.05, 4.69) is 26.1 Å². The largest absolute Gasteiger partial charge is 0.335 e. The van der Waals surface area contributed by atoms with E-state index in [1.807, 2.05) is 0 Å². The molecule has 0 unspecified atom stereocenters. The SMILES string of the molecule is O=NC(=O)c1cccc(Br)n1. The second-order valence-corrected chi connectivity index (χ2v) is 2.55. The van der Waals surface area contributed by atoms with Gasteiger partial charge in [0.05, 0.1) is 0 Å². The lowest BCUT2D eigenvalue weighted by Gasteiger charge is -1.91. The molecule has 0 spiro atoms. The van der Waals surface area contributed by atoms with Crippen LogP contribution in [0.3, 0.4) is 0 Å². The number of hydrogen-bond acceptors (Lipinski definition) is 3. The molecule has 56 valence electrons. The third-order valence-corrected chi connectivity index (χ3v) is 1.46. The van der Waals surface area contributed by atoms with Gasteiger partial charge in [0.25, 0.3) is 0 Å². The van der Waals surface area contributed by atoms with E-state index in [-0.39, 0.29) is 5.69 Å². The van der Waals surface area contributed by atoms with E-state index in [1.165, 1.54) is 6.07 Å². The Morgan fingerprint density at radius 3 is 2.82 bits per heavy atom. The van der Waals surface area contributed by atoms with Gasteiger partial charge in [-0.3, -0.25) is 4.79 Å². The lowest BCUT2D eigenvalue weighted by Crippen LogP contribution is -1.96. The van der Waals surface area contributed by atoms with Crippen molar-refractivity contribution in [1.82, 2.24) is 4.98 Å². The Bertz CT molecular complexity index is 300. The quantitative estimate of drug-likeness (QED) is 0.529. The molecule has 1 rings (SSSR count). The van der Waals surface area contributed by atoms with Gasteiger partial charge in [-0.1, -0.05) is 6.07 Å². The number of halogens is 1. The third kappa shape index (κ3) is 1.91. The van der Waals surface area contributed by atoms with E-state index < -0.39 is 5.91 Å². The summed E-state index contributed by atoms with van der Waals surface area (Å²) in [5.74, 6) is -0.855. The summed E-state index contributed by atoms with van der Waals surface area (Å²) in [5.41, 5.74) is 0.0503. The Morgan fingerprint density at radius 2 is 2.27 bits per heavy atom. The average Bonchev–Trinajstić information content (AvgIpc) is 2.03. The lowest BCUT2D eigenvalue weighted by molar-refractivity contribution is 0.0996. The summed E-state index contributed by atoms with van der Waals surface area (Å²) in [6.45, 7) is 0. The number of pyridine rings is 1. The Labute approximate surface area is 70.7 Å². The van der Waals surface area contributed by atoms with Crippen LogP contribution in [-0.2, 0) is 0 Å². The molecule has 11 heavy (non-hydrogen) atoms. The van der Waals surface area contributed by atoms with Crippen LogP contribution in [0, 0.1) is 4.91 Å². The molecule has 5 heteroatoms. The van der Waals surface area contributed by atoms with Crippen LogP contribution in [0.1, 0.15) is 10.5 Å². The molecule has 1 heterocycles. The molecule has 0 aliphatic heterocycles. The van der Waals surface area contributed by atoms with Crippen molar-refractivity contribution in [3.8, 4) is 0 Å². The van der Waals surface area contributed by atoms with Crippen LogP contribution in [0.15, 0.2) is 28.0 Å². The number of amides is 1. The molecule has 0 saturated heterocycles. The first-order valence-corrected chi connectivity index (χ1v) is 3.53. The van der Waals surface area contributed by atoms with Gasteiger partial charge in [0.15, 0.2) is 0 Å². The van der Waals surface area contributed by atoms with Gasteiger partial charge in [-0.2, -0.15) is 0 Å². The van der Waals surface area contributed by atoms with Gasteiger partial charge in [-0.15, -0.1) is 4.91 Å². The molecule has 0 aliphatic carbocycles. The Morgan fingerprint density at radius 1 is 1.55 bits per heavy atom. The standard InChI is InChI=1S/C6H3BrN2O2/c7-5-3-1-2-4(8-5)6(10)9-11/h1-3H. The minimum Gasteiger partial charge on any atom is -0.261 e. The molecule has 0 fully saturated rings. The molecule has 0 aromatic carbocycles. The molecular formula is C6H3BrN2O2. The van der Waals surface area contributed by atoms with Crippen molar-refractivity contribution in [2.24, 2.45) is 5.18 Å². The number of nitrogens with zero attached hydrogens (tertiary/aromatic N) is 2. The summed E-state index contributed by atoms with van der Waals surface area (Å²) in [6.07, 6.45) is 0. The highest BCUT2D eigenvalue weighted by Crippen LogP contribution is 2.06. The van der Waals surface area contributed by atoms with Crippen molar-refractivity contribution in [1.29, 1.82) is 0 Å². The van der Waals surface area contributed by atoms with Crippen LogP contribution < -0.4 is 0 Å². The van der Waals surface area contributed by atoms with Crippen LogP contribution >= 0.6 is 15.9 Å². The highest BCUT2D eigenvalue weighted by atomic mass is 79.9. The van der Waals surface area contributed by atoms with Crippen LogP contribution in [0.2, 0.25) is 0 Å². The van der Waals surface area contributed by atoms with Crippen molar-refractivity contribution < 1.29 is 4.79 Å². The smallest absolute Gasteiger partial charge is 0.261 e. The molecule has 1 aromatic rings. The molecule has 0 bridgehead atoms. The summed E-state index contributed by atoms with van der Waals surface area (Å²) in [4.78, 5) is 24.1. The van der Waals surface area contributed by atoms with E-state index in [9.17, 15) is 9.70 Å². The summed E-state index contributed by atoms with van der Waals surface area (Å²) >= 11 is 3.05. The number of carbonyl (C=O) groups is 1. The van der Waals surface area contributed by atoms with Crippen molar-refractivity contribution in [3.05, 3.63) is 33.4 Å². The Kier molecular flexibility index (Phi) is 2.43. The summed E-state index contributed by atoms with van der Waals surface area (Å²) in [7, 11) is 0. The minimum atomic E-state index is -0.855. The number of carbonyl (C=O) groups excluding carboxylic acids is 1. The maximum Gasteiger partial charge on any atom is 0.335 e. The zero-order valence-electron chi connectivity index (χ0n) is 5.32. The molecule has 0 aliphatic rings. The van der Waals surface area contributed by atoms with Crippen molar-refractivity contribution in [2.45, 2.75) is 0 Å². The van der Waals surface area contributed by atoms with Gasteiger partial charge in [0.1, 0.15) is 10.3 Å². The van der Waals surface area contributed by atoms with Crippen LogP contribution in [0.25, 0.3) is 0 Å². The number of hydrogen-bond donors (Lipinski definition) is 0. The number of rotatable bonds is 1. The highest BCUT2D eigenvalue weighted by molar-refractivity contribution is 9.10. The monoisotopic (exact) mass is 214 g/mol. The third-order valence-electron chi connectivity index (χ3n) is 1.02. The minimum absolute atomic E-state index is 0.0503. The fraction of sp³-hybridized carbons (Fsp3) is 0. The Hall–Kier alpha value is -1.10. The first-order valence-electron chi connectivity index (χ1n) is 2.74. The highest BCUT2D eigenvalue weighted by Gasteiger charge is 2.05. The topological polar surface area (TPSA) is 59.4 Å². The predicted molar refractivity (Wildman–Crippen MR) is 42.1 cm³/mol. The van der Waals surface area contributed by atoms with E-state index >= 15 is 0 Å². The van der Waals surface area contributed by atoms with Crippen LogP contribution in [0.4, 0.5) is 0 Å². The van der Waals surface area contributed by atoms with Gasteiger partial charge in [-0.05, 0) is 28.1 Å². The van der Waals surface area contributed by atoms with Gasteiger partial charge < -0.3 is 0 Å². The van der Waals surface area contributed by atoms with Crippen LogP contribution in [0.5, 0.6) is 0 Å². The predicted octanol–water partition coefficient (Wildman–Crippen LogP) is 1.75. The first-order chi connectivity index (χ1) is 5.24. The van der Waals surface area contributed by atoms with E-state index in [4.69, 9.17) is 0 Å². The van der Waals surface area contributed by atoms with Crippen molar-refractivity contribution in [2.75, 3.05) is 0 Å². The van der Waals surface area contributed by atoms with Crippen molar-refractivity contribution >= 4 is 21.8 Å². The first kappa shape index (κ1) is 8.00. The molecule has 4 nitrogen and oxygen atoms in total. The molecule has 0 radical (unpaired) electrons. The maximum absolute atomic E-state index is 10.6. The summed E-state index contributed by atoms with van der Waals surface area (Å²) in [5, 5.41) is 2.23. The Balaban J connectivity index is 3.05. The van der Waals surface area contributed by atoms with E-state index in [1.54, 1.807) is 12.1 Å². The second-order valence-electron chi connectivity index (χ2n) is 1.74. The van der Waals surface area contributed by atoms with E-state index in [0.717, 1.165) is 0 Å². The van der Waals surface area contributed by atoms with Gasteiger partial charge in [0.2, 0.25) is 0 Å². The van der Waals surface area contributed by atoms with Gasteiger partial charge in [0, 0.05) is 5.18 Å². The molecule has 0 saturated carbocycles. The van der Waals surface area contributed by atoms with Gasteiger partial charge in [-0.25, -0.2) is 4.98 Å². The zero-order valence-corrected chi connectivity index (χ0v) is 6.91. The normalized spacial score (nSPS) is 9.18. The average molecular weight is 215 g/mol.